The van der Waals surface area contributed by atoms with Gasteiger partial charge in [0.15, 0.2) is 29.7 Å². The molecule has 0 saturated carbocycles. The largest absolute Gasteiger partial charge is 0.493 e. The van der Waals surface area contributed by atoms with E-state index in [1.54, 1.807) is 18.2 Å². The Morgan fingerprint density at radius 2 is 1.63 bits per heavy atom. The van der Waals surface area contributed by atoms with Gasteiger partial charge in [0.2, 0.25) is 0 Å². The molecule has 1 aromatic carbocycles. The van der Waals surface area contributed by atoms with Gasteiger partial charge in [0.25, 0.3) is 0 Å². The average molecular weight is 411 g/mol. The molecule has 0 radical (unpaired) electrons. The van der Waals surface area contributed by atoms with Gasteiger partial charge in [-0.15, -0.1) is 0 Å². The van der Waals surface area contributed by atoms with Crippen LogP contribution < -0.4 is 9.47 Å². The van der Waals surface area contributed by atoms with Gasteiger partial charge in [-0.3, -0.25) is 9.59 Å². The SMILES string of the molecule is COc1cc(C2C3=C(CCCC3=O)N(C)C3=C2C(=O)CCC3)ccc1OCC(=O)O. The normalized spacial score (nSPS) is 19.6. The van der Waals surface area contributed by atoms with Crippen molar-refractivity contribution in [1.82, 2.24) is 4.90 Å². The number of hydrogen-bond acceptors (Lipinski definition) is 6. The molecule has 0 atom stereocenters. The van der Waals surface area contributed by atoms with E-state index in [9.17, 15) is 14.4 Å². The van der Waals surface area contributed by atoms with Crippen molar-refractivity contribution < 1.29 is 29.0 Å². The zero-order chi connectivity index (χ0) is 21.4. The maximum absolute atomic E-state index is 13.0. The van der Waals surface area contributed by atoms with Gasteiger partial charge >= 0.3 is 5.97 Å². The molecule has 1 N–H and O–H groups in total. The Morgan fingerprint density at radius 1 is 1.03 bits per heavy atom. The van der Waals surface area contributed by atoms with E-state index < -0.39 is 18.5 Å². The molecule has 7 heteroatoms. The minimum Gasteiger partial charge on any atom is -0.493 e. The molecule has 0 bridgehead atoms. The van der Waals surface area contributed by atoms with Crippen molar-refractivity contribution in [3.63, 3.8) is 0 Å². The number of methoxy groups -OCH3 is 1. The fourth-order valence-electron chi connectivity index (χ4n) is 4.81. The molecule has 3 aliphatic rings. The summed E-state index contributed by atoms with van der Waals surface area (Å²) in [6.45, 7) is -0.481. The Morgan fingerprint density at radius 3 is 2.17 bits per heavy atom. The van der Waals surface area contributed by atoms with Crippen LogP contribution in [0.2, 0.25) is 0 Å². The van der Waals surface area contributed by atoms with Gasteiger partial charge < -0.3 is 19.5 Å². The Balaban J connectivity index is 1.84. The molecule has 1 heterocycles. The number of Topliss-reactive ketones (excluding diaryl/α,β-unsaturated/α-hetero) is 2. The number of carbonyl (C=O) groups excluding carboxylic acids is 2. The fraction of sp³-hybridized carbons (Fsp3) is 0.435. The van der Waals surface area contributed by atoms with Crippen LogP contribution >= 0.6 is 0 Å². The van der Waals surface area contributed by atoms with Gasteiger partial charge in [-0.25, -0.2) is 4.79 Å². The van der Waals surface area contributed by atoms with Gasteiger partial charge in [0.05, 0.1) is 7.11 Å². The zero-order valence-electron chi connectivity index (χ0n) is 17.2. The van der Waals surface area contributed by atoms with Crippen molar-refractivity contribution in [1.29, 1.82) is 0 Å². The quantitative estimate of drug-likeness (QED) is 0.795. The third-order valence-corrected chi connectivity index (χ3v) is 6.12. The molecule has 0 saturated heterocycles. The van der Waals surface area contributed by atoms with E-state index in [2.05, 4.69) is 4.90 Å². The summed E-state index contributed by atoms with van der Waals surface area (Å²) in [5.74, 6) is -0.643. The number of carbonyl (C=O) groups is 3. The summed E-state index contributed by atoms with van der Waals surface area (Å²) in [4.78, 5) is 38.9. The first kappa shape index (κ1) is 20.2. The number of rotatable bonds is 5. The van der Waals surface area contributed by atoms with Crippen LogP contribution in [0.4, 0.5) is 0 Å². The lowest BCUT2D eigenvalue weighted by Gasteiger charge is -2.42. The highest BCUT2D eigenvalue weighted by Crippen LogP contribution is 2.49. The highest BCUT2D eigenvalue weighted by atomic mass is 16.5. The number of carboxylic acid groups (broad SMARTS) is 1. The van der Waals surface area contributed by atoms with Crippen molar-refractivity contribution in [2.24, 2.45) is 0 Å². The van der Waals surface area contributed by atoms with Crippen LogP contribution in [0.5, 0.6) is 11.5 Å². The van der Waals surface area contributed by atoms with Crippen LogP contribution in [-0.2, 0) is 14.4 Å². The molecule has 30 heavy (non-hydrogen) atoms. The minimum atomic E-state index is -1.08. The minimum absolute atomic E-state index is 0.0863. The number of carboxylic acids is 1. The van der Waals surface area contributed by atoms with E-state index in [1.807, 2.05) is 7.05 Å². The van der Waals surface area contributed by atoms with Crippen molar-refractivity contribution in [2.45, 2.75) is 44.4 Å². The monoisotopic (exact) mass is 411 g/mol. The number of benzene rings is 1. The molecule has 2 aliphatic carbocycles. The Kier molecular flexibility index (Phi) is 5.37. The van der Waals surface area contributed by atoms with Crippen LogP contribution in [0.15, 0.2) is 40.7 Å². The van der Waals surface area contributed by atoms with E-state index in [1.165, 1.54) is 7.11 Å². The second kappa shape index (κ2) is 7.97. The summed E-state index contributed by atoms with van der Waals surface area (Å²) in [5, 5.41) is 8.88. The second-order valence-corrected chi connectivity index (χ2v) is 7.86. The molecular formula is C23H25NO6. The third-order valence-electron chi connectivity index (χ3n) is 6.12. The lowest BCUT2D eigenvalue weighted by Crippen LogP contribution is -2.37. The number of nitrogens with zero attached hydrogens (tertiary/aromatic N) is 1. The van der Waals surface area contributed by atoms with Crippen molar-refractivity contribution in [2.75, 3.05) is 20.8 Å². The molecule has 0 spiro atoms. The highest BCUT2D eigenvalue weighted by molar-refractivity contribution is 6.06. The smallest absolute Gasteiger partial charge is 0.341 e. The summed E-state index contributed by atoms with van der Waals surface area (Å²) in [7, 11) is 3.44. The number of allylic oxidation sites excluding steroid dienone is 4. The van der Waals surface area contributed by atoms with Crippen LogP contribution in [-0.4, -0.2) is 48.3 Å². The topological polar surface area (TPSA) is 93.1 Å². The molecule has 0 unspecified atom stereocenters. The Hall–Kier alpha value is -3.09. The van der Waals surface area contributed by atoms with Crippen molar-refractivity contribution in [3.8, 4) is 11.5 Å². The van der Waals surface area contributed by atoms with Crippen molar-refractivity contribution in [3.05, 3.63) is 46.3 Å². The average Bonchev–Trinajstić information content (AvgIpc) is 2.73. The first-order valence-corrected chi connectivity index (χ1v) is 10.2. The maximum atomic E-state index is 13.0. The first-order chi connectivity index (χ1) is 14.4. The molecule has 0 fully saturated rings. The number of ether oxygens (including phenoxy) is 2. The fourth-order valence-corrected chi connectivity index (χ4v) is 4.81. The predicted molar refractivity (Wildman–Crippen MR) is 108 cm³/mol. The van der Waals surface area contributed by atoms with E-state index in [0.717, 1.165) is 42.6 Å². The third kappa shape index (κ3) is 3.38. The molecule has 7 nitrogen and oxygen atoms in total. The zero-order valence-corrected chi connectivity index (χ0v) is 17.2. The van der Waals surface area contributed by atoms with Gasteiger partial charge in [-0.2, -0.15) is 0 Å². The first-order valence-electron chi connectivity index (χ1n) is 10.2. The van der Waals surface area contributed by atoms with Crippen LogP contribution in [0.25, 0.3) is 0 Å². The number of hydrogen-bond donors (Lipinski definition) is 1. The van der Waals surface area contributed by atoms with E-state index in [-0.39, 0.29) is 11.6 Å². The van der Waals surface area contributed by atoms with Gasteiger partial charge in [-0.1, -0.05) is 6.07 Å². The van der Waals surface area contributed by atoms with Crippen LogP contribution in [0, 0.1) is 0 Å². The van der Waals surface area contributed by atoms with Gasteiger partial charge in [0.1, 0.15) is 0 Å². The van der Waals surface area contributed by atoms with Crippen molar-refractivity contribution >= 4 is 17.5 Å². The molecule has 0 aromatic heterocycles. The van der Waals surface area contributed by atoms with E-state index in [0.29, 0.717) is 35.5 Å². The molecule has 1 aliphatic heterocycles. The highest BCUT2D eigenvalue weighted by Gasteiger charge is 2.42. The summed E-state index contributed by atoms with van der Waals surface area (Å²) in [5.41, 5.74) is 4.22. The van der Waals surface area contributed by atoms with E-state index >= 15 is 0 Å². The predicted octanol–water partition coefficient (Wildman–Crippen LogP) is 3.20. The molecular weight excluding hydrogens is 386 g/mol. The lowest BCUT2D eigenvalue weighted by molar-refractivity contribution is -0.139. The molecule has 1 aromatic rings. The van der Waals surface area contributed by atoms with Gasteiger partial charge in [-0.05, 0) is 43.4 Å². The Bertz CT molecular complexity index is 945. The Labute approximate surface area is 175 Å². The van der Waals surface area contributed by atoms with Crippen LogP contribution in [0.1, 0.15) is 50.0 Å². The van der Waals surface area contributed by atoms with Crippen LogP contribution in [0.3, 0.4) is 0 Å². The summed E-state index contributed by atoms with van der Waals surface area (Å²) < 4.78 is 10.7. The number of ketones is 2. The molecule has 0 amide bonds. The molecule has 158 valence electrons. The van der Waals surface area contributed by atoms with Gasteiger partial charge in [0, 0.05) is 48.3 Å². The summed E-state index contributed by atoms with van der Waals surface area (Å²) in [6.07, 6.45) is 4.23. The standard InChI is InChI=1S/C23H25NO6/c1-24-14-5-3-7-16(25)22(14)21(23-15(24)6-4-8-17(23)26)13-9-10-18(19(11-13)29-2)30-12-20(27)28/h9-11,21H,3-8,12H2,1-2H3,(H,27,28). The van der Waals surface area contributed by atoms with E-state index in [4.69, 9.17) is 14.6 Å². The molecule has 4 rings (SSSR count). The lowest BCUT2D eigenvalue weighted by atomic mass is 9.71. The number of aliphatic carboxylic acids is 1. The summed E-state index contributed by atoms with van der Waals surface area (Å²) in [6, 6.07) is 5.21. The maximum Gasteiger partial charge on any atom is 0.341 e. The summed E-state index contributed by atoms with van der Waals surface area (Å²) >= 11 is 0. The second-order valence-electron chi connectivity index (χ2n) is 7.86.